The predicted octanol–water partition coefficient (Wildman–Crippen LogP) is 2.09. The molecule has 0 radical (unpaired) electrons. The van der Waals surface area contributed by atoms with E-state index in [1.165, 1.54) is 11.8 Å². The molecular weight excluding hydrogens is 284 g/mol. The number of hydrogen-bond donors (Lipinski definition) is 2. The molecule has 1 fully saturated rings. The lowest BCUT2D eigenvalue weighted by atomic mass is 9.96. The van der Waals surface area contributed by atoms with Crippen LogP contribution in [-0.2, 0) is 5.41 Å². The summed E-state index contributed by atoms with van der Waals surface area (Å²) in [5, 5.41) is 21.9. The van der Waals surface area contributed by atoms with Crippen LogP contribution in [0.15, 0.2) is 24.3 Å². The third-order valence-corrected chi connectivity index (χ3v) is 4.66. The highest BCUT2D eigenvalue weighted by atomic mass is 32.2. The van der Waals surface area contributed by atoms with Gasteiger partial charge in [0.1, 0.15) is 0 Å². The summed E-state index contributed by atoms with van der Waals surface area (Å²) in [6.45, 7) is 1.92. The van der Waals surface area contributed by atoms with Gasteiger partial charge in [-0.05, 0) is 43.7 Å². The molecule has 21 heavy (non-hydrogen) atoms. The van der Waals surface area contributed by atoms with E-state index in [0.717, 1.165) is 18.4 Å². The van der Waals surface area contributed by atoms with E-state index in [1.54, 1.807) is 19.1 Å². The topological polar surface area (TPSA) is 73.1 Å². The normalized spacial score (nSPS) is 18.4. The van der Waals surface area contributed by atoms with E-state index in [2.05, 4.69) is 11.4 Å². The van der Waals surface area contributed by atoms with Gasteiger partial charge in [0, 0.05) is 17.9 Å². The van der Waals surface area contributed by atoms with Crippen molar-refractivity contribution in [1.82, 2.24) is 5.32 Å². The Bertz CT molecular complexity index is 557. The molecule has 0 aliphatic heterocycles. The van der Waals surface area contributed by atoms with Gasteiger partial charge in [-0.1, -0.05) is 12.1 Å². The van der Waals surface area contributed by atoms with Crippen LogP contribution in [0, 0.1) is 11.3 Å². The largest absolute Gasteiger partial charge is 0.387 e. The highest BCUT2D eigenvalue weighted by Crippen LogP contribution is 2.47. The smallest absolute Gasteiger partial charge is 0.251 e. The molecule has 1 aromatic rings. The summed E-state index contributed by atoms with van der Waals surface area (Å²) < 4.78 is 0. The van der Waals surface area contributed by atoms with Crippen molar-refractivity contribution in [3.8, 4) is 6.07 Å². The minimum Gasteiger partial charge on any atom is -0.387 e. The van der Waals surface area contributed by atoms with E-state index in [1.807, 2.05) is 18.4 Å². The van der Waals surface area contributed by atoms with Crippen LogP contribution in [0.1, 0.15) is 35.7 Å². The molecule has 0 saturated heterocycles. The van der Waals surface area contributed by atoms with E-state index in [9.17, 15) is 9.90 Å². The number of thioether (sulfide) groups is 1. The van der Waals surface area contributed by atoms with E-state index in [4.69, 9.17) is 5.26 Å². The Kier molecular flexibility index (Phi) is 4.60. The van der Waals surface area contributed by atoms with E-state index < -0.39 is 5.60 Å². The zero-order chi connectivity index (χ0) is 15.5. The molecule has 1 amide bonds. The molecule has 2 N–H and O–H groups in total. The van der Waals surface area contributed by atoms with Gasteiger partial charge in [-0.2, -0.15) is 17.0 Å². The molecule has 1 aliphatic carbocycles. The van der Waals surface area contributed by atoms with Crippen molar-refractivity contribution in [2.75, 3.05) is 18.6 Å². The lowest BCUT2D eigenvalue weighted by molar-refractivity contribution is 0.0725. The van der Waals surface area contributed by atoms with Gasteiger partial charge in [0.2, 0.25) is 0 Å². The van der Waals surface area contributed by atoms with E-state index in [0.29, 0.717) is 11.3 Å². The molecule has 0 aromatic heterocycles. The minimum absolute atomic E-state index is 0.204. The van der Waals surface area contributed by atoms with Crippen LogP contribution in [0.4, 0.5) is 0 Å². The molecule has 1 aliphatic rings. The monoisotopic (exact) mass is 304 g/mol. The van der Waals surface area contributed by atoms with Gasteiger partial charge >= 0.3 is 0 Å². The highest BCUT2D eigenvalue weighted by Gasteiger charge is 2.44. The zero-order valence-corrected chi connectivity index (χ0v) is 13.2. The Morgan fingerprint density at radius 2 is 2.10 bits per heavy atom. The number of nitriles is 1. The molecule has 0 bridgehead atoms. The summed E-state index contributed by atoms with van der Waals surface area (Å²) >= 11 is 1.54. The summed E-state index contributed by atoms with van der Waals surface area (Å²) in [6, 6.07) is 9.53. The van der Waals surface area contributed by atoms with Crippen molar-refractivity contribution < 1.29 is 9.90 Å². The lowest BCUT2D eigenvalue weighted by Gasteiger charge is -2.22. The summed E-state index contributed by atoms with van der Waals surface area (Å²) in [5.41, 5.74) is 0.300. The summed E-state index contributed by atoms with van der Waals surface area (Å²) in [5.74, 6) is 0.362. The summed E-state index contributed by atoms with van der Waals surface area (Å²) in [7, 11) is 0. The molecule has 0 heterocycles. The maximum absolute atomic E-state index is 12.0. The second kappa shape index (κ2) is 6.08. The van der Waals surface area contributed by atoms with Crippen LogP contribution in [-0.4, -0.2) is 35.2 Å². The molecular formula is C16H20N2O2S. The molecule has 0 spiro atoms. The second-order valence-corrected chi connectivity index (χ2v) is 6.75. The molecule has 112 valence electrons. The van der Waals surface area contributed by atoms with E-state index in [-0.39, 0.29) is 17.9 Å². The lowest BCUT2D eigenvalue weighted by Crippen LogP contribution is -2.42. The third kappa shape index (κ3) is 3.78. The van der Waals surface area contributed by atoms with Crippen LogP contribution in [0.5, 0.6) is 0 Å². The van der Waals surface area contributed by atoms with Gasteiger partial charge in [-0.3, -0.25) is 4.79 Å². The molecule has 1 atom stereocenters. The summed E-state index contributed by atoms with van der Waals surface area (Å²) in [4.78, 5) is 12.0. The van der Waals surface area contributed by atoms with E-state index >= 15 is 0 Å². The van der Waals surface area contributed by atoms with Gasteiger partial charge in [0.25, 0.3) is 5.91 Å². The van der Waals surface area contributed by atoms with Crippen LogP contribution >= 0.6 is 11.8 Å². The number of nitrogens with one attached hydrogen (secondary N) is 1. The average Bonchev–Trinajstić information content (AvgIpc) is 3.26. The first-order valence-electron chi connectivity index (χ1n) is 6.94. The number of carbonyl (C=O) groups is 1. The van der Waals surface area contributed by atoms with Crippen LogP contribution < -0.4 is 5.32 Å². The Hall–Kier alpha value is -1.51. The third-order valence-electron chi connectivity index (χ3n) is 3.75. The summed E-state index contributed by atoms with van der Waals surface area (Å²) in [6.07, 6.45) is 3.71. The molecule has 2 rings (SSSR count). The number of hydrogen-bond acceptors (Lipinski definition) is 4. The number of nitrogens with zero attached hydrogens (tertiary/aromatic N) is 1. The average molecular weight is 304 g/mol. The fourth-order valence-electron chi connectivity index (χ4n) is 2.27. The van der Waals surface area contributed by atoms with Crippen molar-refractivity contribution in [3.63, 3.8) is 0 Å². The van der Waals surface area contributed by atoms with Crippen LogP contribution in [0.25, 0.3) is 0 Å². The number of benzene rings is 1. The minimum atomic E-state index is -0.909. The standard InChI is InChI=1S/C16H20N2O2S/c1-15(20,11-21-2)10-18-14(19)12-3-5-13(6-4-12)16(9-17)7-8-16/h3-6,20H,7-8,10-11H2,1-2H3,(H,18,19). The van der Waals surface area contributed by atoms with Crippen LogP contribution in [0.2, 0.25) is 0 Å². The molecule has 4 nitrogen and oxygen atoms in total. The number of amides is 1. The predicted molar refractivity (Wildman–Crippen MR) is 84.3 cm³/mol. The first-order chi connectivity index (χ1) is 9.92. The van der Waals surface area contributed by atoms with Crippen molar-refractivity contribution >= 4 is 17.7 Å². The molecule has 1 saturated carbocycles. The highest BCUT2D eigenvalue weighted by molar-refractivity contribution is 7.98. The first-order valence-corrected chi connectivity index (χ1v) is 8.33. The maximum Gasteiger partial charge on any atom is 0.251 e. The molecule has 1 unspecified atom stereocenters. The number of aliphatic hydroxyl groups is 1. The second-order valence-electron chi connectivity index (χ2n) is 5.88. The SMILES string of the molecule is CSCC(C)(O)CNC(=O)c1ccc(C2(C#N)CC2)cc1. The molecule has 5 heteroatoms. The molecule has 1 aromatic carbocycles. The van der Waals surface area contributed by atoms with Gasteiger partial charge in [-0.25, -0.2) is 0 Å². The fourth-order valence-corrected chi connectivity index (χ4v) is 2.99. The fraction of sp³-hybridized carbons (Fsp3) is 0.500. The number of rotatable bonds is 6. The van der Waals surface area contributed by atoms with Crippen molar-refractivity contribution in [2.24, 2.45) is 0 Å². The zero-order valence-electron chi connectivity index (χ0n) is 12.3. The Balaban J connectivity index is 1.96. The van der Waals surface area contributed by atoms with Crippen molar-refractivity contribution in [2.45, 2.75) is 30.8 Å². The van der Waals surface area contributed by atoms with Gasteiger partial charge in [0.15, 0.2) is 0 Å². The Morgan fingerprint density at radius 3 is 2.57 bits per heavy atom. The first kappa shape index (κ1) is 15.9. The maximum atomic E-state index is 12.0. The van der Waals surface area contributed by atoms with Gasteiger partial charge in [-0.15, -0.1) is 0 Å². The van der Waals surface area contributed by atoms with Gasteiger partial charge in [0.05, 0.1) is 17.1 Å². The Morgan fingerprint density at radius 1 is 1.48 bits per heavy atom. The van der Waals surface area contributed by atoms with Crippen LogP contribution in [0.3, 0.4) is 0 Å². The number of carbonyl (C=O) groups excluding carboxylic acids is 1. The quantitative estimate of drug-likeness (QED) is 0.844. The van der Waals surface area contributed by atoms with Crippen molar-refractivity contribution in [1.29, 1.82) is 5.26 Å². The van der Waals surface area contributed by atoms with Crippen molar-refractivity contribution in [3.05, 3.63) is 35.4 Å². The Labute approximate surface area is 129 Å². The van der Waals surface area contributed by atoms with Gasteiger partial charge < -0.3 is 10.4 Å².